The van der Waals surface area contributed by atoms with Crippen molar-refractivity contribution >= 4 is 34.9 Å². The Morgan fingerprint density at radius 1 is 1.38 bits per heavy atom. The molecule has 0 atom stereocenters. The summed E-state index contributed by atoms with van der Waals surface area (Å²) in [5.41, 5.74) is -0.242. The number of hydrogen-bond acceptors (Lipinski definition) is 4. The molecule has 1 N–H and O–H groups in total. The molecule has 9 heteroatoms. The molecular weight excluding hydrogens is 329 g/mol. The van der Waals surface area contributed by atoms with Gasteiger partial charge in [0.2, 0.25) is 0 Å². The average Bonchev–Trinajstić information content (AvgIpc) is 2.77. The lowest BCUT2D eigenvalue weighted by molar-refractivity contribution is -0.0500. The number of benzene rings is 1. The van der Waals surface area contributed by atoms with Crippen LogP contribution in [0.15, 0.2) is 22.7 Å². The van der Waals surface area contributed by atoms with E-state index in [9.17, 15) is 13.6 Å². The summed E-state index contributed by atoms with van der Waals surface area (Å²) in [6, 6.07) is 3.81. The maximum absolute atomic E-state index is 12.4. The van der Waals surface area contributed by atoms with Gasteiger partial charge in [0.25, 0.3) is 5.91 Å². The summed E-state index contributed by atoms with van der Waals surface area (Å²) in [5, 5.41) is 5.81. The fourth-order valence-corrected chi connectivity index (χ4v) is 2.08. The molecule has 0 radical (unpaired) electrons. The van der Waals surface area contributed by atoms with Crippen molar-refractivity contribution in [3.8, 4) is 5.75 Å². The number of anilines is 1. The SMILES string of the molecule is Cc1cc(NC(=O)c2cc(Cl)cc(Cl)c2OC(F)F)no1. The van der Waals surface area contributed by atoms with Crippen LogP contribution in [-0.2, 0) is 0 Å². The van der Waals surface area contributed by atoms with Crippen LogP contribution in [0, 0.1) is 6.92 Å². The molecule has 2 rings (SSSR count). The smallest absolute Gasteiger partial charge is 0.387 e. The summed E-state index contributed by atoms with van der Waals surface area (Å²) in [5.74, 6) is -0.632. The highest BCUT2D eigenvalue weighted by atomic mass is 35.5. The van der Waals surface area contributed by atoms with E-state index in [1.165, 1.54) is 12.1 Å². The second-order valence-electron chi connectivity index (χ2n) is 3.92. The molecule has 0 spiro atoms. The Morgan fingerprint density at radius 2 is 2.10 bits per heavy atom. The Hall–Kier alpha value is -1.86. The number of carbonyl (C=O) groups excluding carboxylic acids is 1. The summed E-state index contributed by atoms with van der Waals surface area (Å²) in [4.78, 5) is 12.1. The van der Waals surface area contributed by atoms with Gasteiger partial charge in [0.1, 0.15) is 5.76 Å². The number of carbonyl (C=O) groups is 1. The molecule has 2 aromatic rings. The summed E-state index contributed by atoms with van der Waals surface area (Å²) in [7, 11) is 0. The molecule has 112 valence electrons. The number of alkyl halides is 2. The van der Waals surface area contributed by atoms with E-state index in [1.807, 2.05) is 0 Å². The third kappa shape index (κ3) is 3.83. The quantitative estimate of drug-likeness (QED) is 0.911. The predicted octanol–water partition coefficient (Wildman–Crippen LogP) is 4.14. The van der Waals surface area contributed by atoms with Crippen LogP contribution in [0.25, 0.3) is 0 Å². The summed E-state index contributed by atoms with van der Waals surface area (Å²) < 4.78 is 33.8. The zero-order chi connectivity index (χ0) is 15.6. The highest BCUT2D eigenvalue weighted by Gasteiger charge is 2.21. The van der Waals surface area contributed by atoms with E-state index < -0.39 is 18.3 Å². The van der Waals surface area contributed by atoms with E-state index in [-0.39, 0.29) is 21.4 Å². The van der Waals surface area contributed by atoms with E-state index >= 15 is 0 Å². The Kier molecular flexibility index (Phi) is 4.64. The topological polar surface area (TPSA) is 64.4 Å². The number of ether oxygens (including phenoxy) is 1. The Morgan fingerprint density at radius 3 is 2.67 bits per heavy atom. The van der Waals surface area contributed by atoms with E-state index in [2.05, 4.69) is 15.2 Å². The molecule has 0 unspecified atom stereocenters. The minimum atomic E-state index is -3.13. The first kappa shape index (κ1) is 15.5. The standard InChI is InChI=1S/C12H8Cl2F2N2O3/c1-5-2-9(18-21-5)17-11(19)7-3-6(13)4-8(14)10(7)20-12(15)16/h2-4,12H,1H3,(H,17,18,19). The van der Waals surface area contributed by atoms with Crippen molar-refractivity contribution in [2.24, 2.45) is 0 Å². The lowest BCUT2D eigenvalue weighted by atomic mass is 10.2. The molecule has 0 saturated heterocycles. The van der Waals surface area contributed by atoms with Crippen LogP contribution >= 0.6 is 23.2 Å². The molecule has 0 aliphatic rings. The van der Waals surface area contributed by atoms with Gasteiger partial charge in [-0.15, -0.1) is 0 Å². The number of nitrogens with one attached hydrogen (secondary N) is 1. The predicted molar refractivity (Wildman–Crippen MR) is 72.3 cm³/mol. The largest absolute Gasteiger partial charge is 0.432 e. The molecule has 1 aromatic carbocycles. The third-order valence-electron chi connectivity index (χ3n) is 2.33. The van der Waals surface area contributed by atoms with Crippen molar-refractivity contribution in [1.29, 1.82) is 0 Å². The summed E-state index contributed by atoms with van der Waals surface area (Å²) in [6.07, 6.45) is 0. The average molecular weight is 337 g/mol. The molecule has 1 heterocycles. The van der Waals surface area contributed by atoms with Crippen LogP contribution in [0.1, 0.15) is 16.1 Å². The van der Waals surface area contributed by atoms with Crippen LogP contribution in [-0.4, -0.2) is 17.7 Å². The van der Waals surface area contributed by atoms with Crippen molar-refractivity contribution in [3.05, 3.63) is 39.6 Å². The van der Waals surface area contributed by atoms with Gasteiger partial charge in [-0.1, -0.05) is 28.4 Å². The lowest BCUT2D eigenvalue weighted by Gasteiger charge is -2.12. The second kappa shape index (κ2) is 6.28. The zero-order valence-corrected chi connectivity index (χ0v) is 12.0. The fraction of sp³-hybridized carbons (Fsp3) is 0.167. The maximum Gasteiger partial charge on any atom is 0.387 e. The molecular formula is C12H8Cl2F2N2O3. The van der Waals surface area contributed by atoms with Crippen molar-refractivity contribution in [2.45, 2.75) is 13.5 Å². The molecule has 0 fully saturated rings. The van der Waals surface area contributed by atoms with Crippen molar-refractivity contribution in [1.82, 2.24) is 5.16 Å². The Bertz CT molecular complexity index is 677. The second-order valence-corrected chi connectivity index (χ2v) is 4.76. The van der Waals surface area contributed by atoms with E-state index in [0.717, 1.165) is 6.07 Å². The Balaban J connectivity index is 2.34. The Labute approximate surface area is 127 Å². The lowest BCUT2D eigenvalue weighted by Crippen LogP contribution is -2.15. The number of halogens is 4. The first-order chi connectivity index (χ1) is 9.86. The molecule has 0 saturated carbocycles. The molecule has 0 aliphatic carbocycles. The highest BCUT2D eigenvalue weighted by Crippen LogP contribution is 2.34. The molecule has 5 nitrogen and oxygen atoms in total. The molecule has 0 bridgehead atoms. The van der Waals surface area contributed by atoms with Crippen LogP contribution < -0.4 is 10.1 Å². The molecule has 21 heavy (non-hydrogen) atoms. The first-order valence-electron chi connectivity index (χ1n) is 5.55. The van der Waals surface area contributed by atoms with E-state index in [0.29, 0.717) is 5.76 Å². The molecule has 1 amide bonds. The number of hydrogen-bond donors (Lipinski definition) is 1. The van der Waals surface area contributed by atoms with Crippen molar-refractivity contribution in [3.63, 3.8) is 0 Å². The fourth-order valence-electron chi connectivity index (χ4n) is 1.55. The van der Waals surface area contributed by atoms with Gasteiger partial charge in [0.05, 0.1) is 10.6 Å². The molecule has 1 aromatic heterocycles. The number of amides is 1. The third-order valence-corrected chi connectivity index (χ3v) is 2.83. The van der Waals surface area contributed by atoms with Gasteiger partial charge >= 0.3 is 6.61 Å². The zero-order valence-electron chi connectivity index (χ0n) is 10.5. The van der Waals surface area contributed by atoms with Crippen molar-refractivity contribution < 1.29 is 22.8 Å². The van der Waals surface area contributed by atoms with E-state index in [1.54, 1.807) is 6.92 Å². The number of nitrogens with zero attached hydrogens (tertiary/aromatic N) is 1. The minimum Gasteiger partial charge on any atom is -0.432 e. The van der Waals surface area contributed by atoms with Gasteiger partial charge in [0, 0.05) is 11.1 Å². The number of rotatable bonds is 4. The van der Waals surface area contributed by atoms with Gasteiger partial charge in [0.15, 0.2) is 11.6 Å². The monoisotopic (exact) mass is 336 g/mol. The van der Waals surface area contributed by atoms with Gasteiger partial charge in [-0.05, 0) is 19.1 Å². The van der Waals surface area contributed by atoms with Crippen LogP contribution in [0.4, 0.5) is 14.6 Å². The van der Waals surface area contributed by atoms with Crippen LogP contribution in [0.3, 0.4) is 0 Å². The summed E-state index contributed by atoms with van der Waals surface area (Å²) >= 11 is 11.5. The maximum atomic E-state index is 12.4. The van der Waals surface area contributed by atoms with Crippen LogP contribution in [0.5, 0.6) is 5.75 Å². The number of aromatic nitrogens is 1. The van der Waals surface area contributed by atoms with Gasteiger partial charge in [-0.2, -0.15) is 8.78 Å². The van der Waals surface area contributed by atoms with Crippen molar-refractivity contribution in [2.75, 3.05) is 5.32 Å². The summed E-state index contributed by atoms with van der Waals surface area (Å²) in [6.45, 7) is -1.51. The highest BCUT2D eigenvalue weighted by molar-refractivity contribution is 6.36. The van der Waals surface area contributed by atoms with Gasteiger partial charge in [-0.25, -0.2) is 0 Å². The molecule has 0 aliphatic heterocycles. The normalized spacial score (nSPS) is 10.8. The van der Waals surface area contributed by atoms with Crippen LogP contribution in [0.2, 0.25) is 10.0 Å². The first-order valence-corrected chi connectivity index (χ1v) is 6.31. The number of aryl methyl sites for hydroxylation is 1. The van der Waals surface area contributed by atoms with Gasteiger partial charge in [-0.3, -0.25) is 4.79 Å². The van der Waals surface area contributed by atoms with E-state index in [4.69, 9.17) is 27.7 Å². The minimum absolute atomic E-state index is 0.100. The van der Waals surface area contributed by atoms with Gasteiger partial charge < -0.3 is 14.6 Å².